The Morgan fingerprint density at radius 2 is 1.71 bits per heavy atom. The van der Waals surface area contributed by atoms with Crippen LogP contribution in [-0.2, 0) is 11.3 Å². The predicted molar refractivity (Wildman–Crippen MR) is 120 cm³/mol. The summed E-state index contributed by atoms with van der Waals surface area (Å²) >= 11 is 0. The number of aldehydes is 1. The Morgan fingerprint density at radius 1 is 1.00 bits per heavy atom. The van der Waals surface area contributed by atoms with Gasteiger partial charge in [-0.15, -0.1) is 0 Å². The highest BCUT2D eigenvalue weighted by Gasteiger charge is 2.33. The first-order chi connectivity index (χ1) is 15.2. The van der Waals surface area contributed by atoms with E-state index in [9.17, 15) is 4.79 Å². The standard InChI is InChI=1S/C25H29N3O3/c1-30-23-13-8-14-24(31-2)25(23)22-12-7-6-11-21(18-29)27(22)16-19-15-26-28(17-19)20-9-4-3-5-10-20/h3-5,8-10,13-15,17-18,21-22H,6-7,11-12,16H2,1-2H3. The number of methoxy groups -OCH3 is 2. The monoisotopic (exact) mass is 419 g/mol. The van der Waals surface area contributed by atoms with Crippen molar-refractivity contribution in [1.29, 1.82) is 0 Å². The summed E-state index contributed by atoms with van der Waals surface area (Å²) in [7, 11) is 3.36. The number of benzene rings is 2. The van der Waals surface area contributed by atoms with E-state index in [1.165, 1.54) is 0 Å². The molecule has 1 aliphatic rings. The Hall–Kier alpha value is -3.12. The number of carbonyl (C=O) groups excluding carboxylic acids is 1. The maximum absolute atomic E-state index is 12.1. The molecular formula is C25H29N3O3. The van der Waals surface area contributed by atoms with E-state index in [0.717, 1.165) is 60.3 Å². The van der Waals surface area contributed by atoms with Crippen molar-refractivity contribution in [2.75, 3.05) is 14.2 Å². The molecule has 1 aromatic heterocycles. The summed E-state index contributed by atoms with van der Waals surface area (Å²) in [6, 6.07) is 15.8. The van der Waals surface area contributed by atoms with Crippen molar-refractivity contribution in [3.05, 3.63) is 72.1 Å². The molecular weight excluding hydrogens is 390 g/mol. The summed E-state index contributed by atoms with van der Waals surface area (Å²) in [6.07, 6.45) is 8.88. The van der Waals surface area contributed by atoms with Gasteiger partial charge >= 0.3 is 0 Å². The van der Waals surface area contributed by atoms with E-state index in [4.69, 9.17) is 9.47 Å². The molecule has 4 rings (SSSR count). The SMILES string of the molecule is COc1cccc(OC)c1C1CCCCC(C=O)N1Cc1cnn(-c2ccccc2)c1. The average molecular weight is 420 g/mol. The third-order valence-electron chi connectivity index (χ3n) is 6.03. The van der Waals surface area contributed by atoms with Crippen LogP contribution in [0.5, 0.6) is 11.5 Å². The van der Waals surface area contributed by atoms with Gasteiger partial charge in [-0.3, -0.25) is 4.90 Å². The van der Waals surface area contributed by atoms with Crippen LogP contribution in [0.25, 0.3) is 5.69 Å². The lowest BCUT2D eigenvalue weighted by Gasteiger charge is -2.35. The molecule has 2 atom stereocenters. The minimum absolute atomic E-state index is 0.0175. The second-order valence-electron chi connectivity index (χ2n) is 7.88. The van der Waals surface area contributed by atoms with Crippen molar-refractivity contribution >= 4 is 6.29 Å². The molecule has 0 bridgehead atoms. The smallest absolute Gasteiger partial charge is 0.137 e. The van der Waals surface area contributed by atoms with E-state index in [1.54, 1.807) is 14.2 Å². The maximum atomic E-state index is 12.1. The zero-order valence-electron chi connectivity index (χ0n) is 18.1. The molecule has 2 unspecified atom stereocenters. The van der Waals surface area contributed by atoms with Crippen molar-refractivity contribution in [2.24, 2.45) is 0 Å². The molecule has 1 aliphatic heterocycles. The van der Waals surface area contributed by atoms with Crippen LogP contribution in [0.3, 0.4) is 0 Å². The summed E-state index contributed by atoms with van der Waals surface area (Å²) in [5, 5.41) is 4.54. The summed E-state index contributed by atoms with van der Waals surface area (Å²) in [5.41, 5.74) is 3.09. The van der Waals surface area contributed by atoms with Gasteiger partial charge in [-0.05, 0) is 37.1 Å². The molecule has 0 radical (unpaired) electrons. The summed E-state index contributed by atoms with van der Waals surface area (Å²) < 4.78 is 13.3. The van der Waals surface area contributed by atoms with E-state index in [2.05, 4.69) is 10.00 Å². The van der Waals surface area contributed by atoms with Crippen LogP contribution in [0.1, 0.15) is 42.9 Å². The molecule has 3 aromatic rings. The number of hydrogen-bond acceptors (Lipinski definition) is 5. The van der Waals surface area contributed by atoms with Gasteiger partial charge in [0.2, 0.25) is 0 Å². The highest BCUT2D eigenvalue weighted by atomic mass is 16.5. The molecule has 0 spiro atoms. The van der Waals surface area contributed by atoms with Gasteiger partial charge in [0.25, 0.3) is 0 Å². The zero-order valence-corrected chi connectivity index (χ0v) is 18.1. The van der Waals surface area contributed by atoms with E-state index >= 15 is 0 Å². The summed E-state index contributed by atoms with van der Waals surface area (Å²) in [5.74, 6) is 1.58. The number of hydrogen-bond donors (Lipinski definition) is 0. The molecule has 0 aliphatic carbocycles. The highest BCUT2D eigenvalue weighted by Crippen LogP contribution is 2.42. The number of likely N-dealkylation sites (tertiary alicyclic amines) is 1. The van der Waals surface area contributed by atoms with Crippen molar-refractivity contribution in [2.45, 2.75) is 44.3 Å². The maximum Gasteiger partial charge on any atom is 0.137 e. The number of rotatable bonds is 7. The zero-order chi connectivity index (χ0) is 21.6. The van der Waals surface area contributed by atoms with Crippen LogP contribution in [0.2, 0.25) is 0 Å². The number of nitrogens with zero attached hydrogens (tertiary/aromatic N) is 3. The fraction of sp³-hybridized carbons (Fsp3) is 0.360. The lowest BCUT2D eigenvalue weighted by atomic mass is 9.97. The lowest BCUT2D eigenvalue weighted by molar-refractivity contribution is -0.113. The van der Waals surface area contributed by atoms with E-state index < -0.39 is 0 Å². The first kappa shape index (κ1) is 21.1. The second kappa shape index (κ2) is 9.79. The van der Waals surface area contributed by atoms with Gasteiger partial charge in [0.1, 0.15) is 17.8 Å². The lowest BCUT2D eigenvalue weighted by Crippen LogP contribution is -2.38. The molecule has 31 heavy (non-hydrogen) atoms. The molecule has 2 aromatic carbocycles. The Kier molecular flexibility index (Phi) is 6.67. The molecule has 0 N–H and O–H groups in total. The van der Waals surface area contributed by atoms with Crippen molar-refractivity contribution in [3.8, 4) is 17.2 Å². The van der Waals surface area contributed by atoms with Crippen LogP contribution in [0, 0.1) is 0 Å². The topological polar surface area (TPSA) is 56.6 Å². The van der Waals surface area contributed by atoms with Gasteiger partial charge in [-0.25, -0.2) is 4.68 Å². The van der Waals surface area contributed by atoms with Crippen LogP contribution < -0.4 is 9.47 Å². The molecule has 162 valence electrons. The second-order valence-corrected chi connectivity index (χ2v) is 7.88. The quantitative estimate of drug-likeness (QED) is 0.525. The van der Waals surface area contributed by atoms with E-state index in [-0.39, 0.29) is 12.1 Å². The number of ether oxygens (including phenoxy) is 2. The third-order valence-corrected chi connectivity index (χ3v) is 6.03. The minimum atomic E-state index is -0.165. The Balaban J connectivity index is 1.70. The molecule has 1 saturated heterocycles. The van der Waals surface area contributed by atoms with E-state index in [0.29, 0.717) is 6.54 Å². The molecule has 2 heterocycles. The summed E-state index contributed by atoms with van der Waals surface area (Å²) in [6.45, 7) is 0.627. The van der Waals surface area contributed by atoms with Crippen LogP contribution in [-0.4, -0.2) is 41.2 Å². The van der Waals surface area contributed by atoms with Gasteiger partial charge in [0.15, 0.2) is 0 Å². The number of aromatic nitrogens is 2. The molecule has 0 amide bonds. The van der Waals surface area contributed by atoms with Crippen LogP contribution >= 0.6 is 0 Å². The Labute approximate surface area is 183 Å². The third kappa shape index (κ3) is 4.49. The van der Waals surface area contributed by atoms with Crippen LogP contribution in [0.4, 0.5) is 0 Å². The first-order valence-electron chi connectivity index (χ1n) is 10.8. The van der Waals surface area contributed by atoms with Gasteiger partial charge in [-0.1, -0.05) is 37.1 Å². The Bertz CT molecular complexity index is 980. The molecule has 0 saturated carbocycles. The number of para-hydroxylation sites is 1. The van der Waals surface area contributed by atoms with Crippen LogP contribution in [0.15, 0.2) is 60.9 Å². The fourth-order valence-electron chi connectivity index (χ4n) is 4.52. The van der Waals surface area contributed by atoms with E-state index in [1.807, 2.05) is 65.6 Å². The largest absolute Gasteiger partial charge is 0.496 e. The first-order valence-corrected chi connectivity index (χ1v) is 10.8. The van der Waals surface area contributed by atoms with Gasteiger partial charge < -0.3 is 14.3 Å². The molecule has 6 nitrogen and oxygen atoms in total. The normalized spacial score (nSPS) is 19.5. The van der Waals surface area contributed by atoms with Crippen molar-refractivity contribution in [3.63, 3.8) is 0 Å². The van der Waals surface area contributed by atoms with Crippen molar-refractivity contribution in [1.82, 2.24) is 14.7 Å². The predicted octanol–water partition coefficient (Wildman–Crippen LogP) is 4.57. The van der Waals surface area contributed by atoms with Gasteiger partial charge in [-0.2, -0.15) is 5.10 Å². The fourth-order valence-corrected chi connectivity index (χ4v) is 4.52. The highest BCUT2D eigenvalue weighted by molar-refractivity contribution is 5.58. The van der Waals surface area contributed by atoms with Crippen molar-refractivity contribution < 1.29 is 14.3 Å². The molecule has 1 fully saturated rings. The van der Waals surface area contributed by atoms with Gasteiger partial charge in [0, 0.05) is 24.3 Å². The molecule has 6 heteroatoms. The van der Waals surface area contributed by atoms with Gasteiger partial charge in [0.05, 0.1) is 37.7 Å². The average Bonchev–Trinajstić information content (AvgIpc) is 3.20. The Morgan fingerprint density at radius 3 is 2.39 bits per heavy atom. The number of carbonyl (C=O) groups is 1. The minimum Gasteiger partial charge on any atom is -0.496 e. The summed E-state index contributed by atoms with van der Waals surface area (Å²) in [4.78, 5) is 14.4.